The molecule has 0 aromatic heterocycles. The van der Waals surface area contributed by atoms with E-state index in [1.54, 1.807) is 0 Å². The van der Waals surface area contributed by atoms with E-state index >= 15 is 0 Å². The van der Waals surface area contributed by atoms with Crippen molar-refractivity contribution in [2.75, 3.05) is 19.7 Å². The molecule has 2 aromatic rings. The van der Waals surface area contributed by atoms with Crippen molar-refractivity contribution in [2.24, 2.45) is 11.3 Å². The van der Waals surface area contributed by atoms with Gasteiger partial charge in [-0.05, 0) is 23.5 Å². The summed E-state index contributed by atoms with van der Waals surface area (Å²) in [7, 11) is 0. The van der Waals surface area contributed by atoms with Gasteiger partial charge in [-0.15, -0.1) is 0 Å². The first kappa shape index (κ1) is 13.1. The van der Waals surface area contributed by atoms with Gasteiger partial charge >= 0.3 is 0 Å². The second kappa shape index (κ2) is 4.97. The van der Waals surface area contributed by atoms with E-state index < -0.39 is 0 Å². The molecule has 1 N–H and O–H groups in total. The molecule has 0 bridgehead atoms. The van der Waals surface area contributed by atoms with Gasteiger partial charge in [0.1, 0.15) is 0 Å². The Kier molecular flexibility index (Phi) is 3.09. The van der Waals surface area contributed by atoms with Crippen LogP contribution in [0.4, 0.5) is 0 Å². The minimum Gasteiger partial charge on any atom is -0.396 e. The molecular formula is C19H21NO. The van der Waals surface area contributed by atoms with E-state index in [9.17, 15) is 5.11 Å². The summed E-state index contributed by atoms with van der Waals surface area (Å²) in [6.07, 6.45) is 1.20. The lowest BCUT2D eigenvalue weighted by Gasteiger charge is -2.46. The fourth-order valence-electron chi connectivity index (χ4n) is 3.91. The van der Waals surface area contributed by atoms with Crippen molar-refractivity contribution in [3.05, 3.63) is 71.8 Å². The van der Waals surface area contributed by atoms with Crippen LogP contribution in [0.25, 0.3) is 0 Å². The van der Waals surface area contributed by atoms with Gasteiger partial charge < -0.3 is 5.11 Å². The molecule has 0 amide bonds. The zero-order valence-electron chi connectivity index (χ0n) is 12.2. The smallest absolute Gasteiger partial charge is 0.0602 e. The van der Waals surface area contributed by atoms with E-state index in [4.69, 9.17) is 0 Å². The third-order valence-corrected chi connectivity index (χ3v) is 5.21. The van der Waals surface area contributed by atoms with Gasteiger partial charge in [0.15, 0.2) is 0 Å². The van der Waals surface area contributed by atoms with Crippen LogP contribution in [0, 0.1) is 11.3 Å². The molecular weight excluding hydrogens is 258 g/mol. The first-order chi connectivity index (χ1) is 10.3. The highest BCUT2D eigenvalue weighted by Crippen LogP contribution is 2.60. The molecule has 1 unspecified atom stereocenters. The van der Waals surface area contributed by atoms with Crippen molar-refractivity contribution in [3.8, 4) is 0 Å². The summed E-state index contributed by atoms with van der Waals surface area (Å²) >= 11 is 0. The lowest BCUT2D eigenvalue weighted by atomic mass is 9.87. The Morgan fingerprint density at radius 3 is 1.90 bits per heavy atom. The summed E-state index contributed by atoms with van der Waals surface area (Å²) < 4.78 is 0. The molecule has 1 saturated heterocycles. The van der Waals surface area contributed by atoms with E-state index in [1.165, 1.54) is 17.5 Å². The SMILES string of the molecule is OCC1CC12CN(C(c1ccccc1)c1ccccc1)C2. The number of hydrogen-bond donors (Lipinski definition) is 1. The van der Waals surface area contributed by atoms with E-state index in [0.29, 0.717) is 24.0 Å². The van der Waals surface area contributed by atoms with Crippen molar-refractivity contribution in [3.63, 3.8) is 0 Å². The van der Waals surface area contributed by atoms with Gasteiger partial charge in [0.2, 0.25) is 0 Å². The highest BCUT2D eigenvalue weighted by atomic mass is 16.3. The predicted molar refractivity (Wildman–Crippen MR) is 83.9 cm³/mol. The topological polar surface area (TPSA) is 23.5 Å². The Bertz CT molecular complexity index is 564. The molecule has 2 heteroatoms. The summed E-state index contributed by atoms with van der Waals surface area (Å²) in [5.74, 6) is 0.543. The summed E-state index contributed by atoms with van der Waals surface area (Å²) in [5, 5.41) is 9.35. The van der Waals surface area contributed by atoms with Gasteiger partial charge in [0, 0.05) is 25.1 Å². The van der Waals surface area contributed by atoms with Gasteiger partial charge in [0.25, 0.3) is 0 Å². The first-order valence-electron chi connectivity index (χ1n) is 7.77. The van der Waals surface area contributed by atoms with Gasteiger partial charge in [-0.25, -0.2) is 0 Å². The molecule has 1 spiro atoms. The lowest BCUT2D eigenvalue weighted by Crippen LogP contribution is -2.51. The number of rotatable bonds is 4. The predicted octanol–water partition coefficient (Wildman–Crippen LogP) is 3.09. The van der Waals surface area contributed by atoms with Crippen molar-refractivity contribution in [2.45, 2.75) is 12.5 Å². The number of nitrogens with zero attached hydrogens (tertiary/aromatic N) is 1. The molecule has 1 heterocycles. The zero-order valence-corrected chi connectivity index (χ0v) is 12.2. The summed E-state index contributed by atoms with van der Waals surface area (Å²) in [6, 6.07) is 21.9. The minimum absolute atomic E-state index is 0.345. The van der Waals surface area contributed by atoms with Crippen molar-refractivity contribution < 1.29 is 5.11 Å². The molecule has 1 saturated carbocycles. The maximum atomic E-state index is 9.35. The van der Waals surface area contributed by atoms with Crippen LogP contribution in [0.3, 0.4) is 0 Å². The van der Waals surface area contributed by atoms with E-state index in [0.717, 1.165) is 13.1 Å². The largest absolute Gasteiger partial charge is 0.396 e. The lowest BCUT2D eigenvalue weighted by molar-refractivity contribution is 0.0329. The number of aliphatic hydroxyl groups excluding tert-OH is 1. The second-order valence-electron chi connectivity index (χ2n) is 6.57. The minimum atomic E-state index is 0.345. The summed E-state index contributed by atoms with van der Waals surface area (Å²) in [6.45, 7) is 2.59. The average molecular weight is 279 g/mol. The number of aliphatic hydroxyl groups is 1. The second-order valence-corrected chi connectivity index (χ2v) is 6.57. The highest BCUT2D eigenvalue weighted by molar-refractivity contribution is 5.33. The molecule has 0 radical (unpaired) electrons. The molecule has 1 atom stereocenters. The Labute approximate surface area is 126 Å². The number of hydrogen-bond acceptors (Lipinski definition) is 2. The number of benzene rings is 2. The fourth-order valence-corrected chi connectivity index (χ4v) is 3.91. The van der Waals surface area contributed by atoms with Crippen LogP contribution in [0.5, 0.6) is 0 Å². The van der Waals surface area contributed by atoms with E-state index in [-0.39, 0.29) is 0 Å². The first-order valence-corrected chi connectivity index (χ1v) is 7.77. The Morgan fingerprint density at radius 2 is 1.48 bits per heavy atom. The van der Waals surface area contributed by atoms with Crippen LogP contribution < -0.4 is 0 Å². The Balaban J connectivity index is 1.60. The standard InChI is InChI=1S/C19H21NO/c21-12-17-11-19(17)13-20(14-19)18(15-7-3-1-4-8-15)16-9-5-2-6-10-16/h1-10,17-18,21H,11-14H2. The maximum absolute atomic E-state index is 9.35. The zero-order chi connectivity index (χ0) is 14.3. The van der Waals surface area contributed by atoms with Crippen LogP contribution in [0.15, 0.2) is 60.7 Å². The number of likely N-dealkylation sites (tertiary alicyclic amines) is 1. The van der Waals surface area contributed by atoms with Gasteiger partial charge in [-0.3, -0.25) is 4.90 Å². The van der Waals surface area contributed by atoms with Crippen LogP contribution in [0.2, 0.25) is 0 Å². The molecule has 1 aliphatic carbocycles. The molecule has 2 aliphatic rings. The summed E-state index contributed by atoms with van der Waals surface area (Å²) in [4.78, 5) is 2.56. The van der Waals surface area contributed by atoms with Crippen LogP contribution >= 0.6 is 0 Å². The van der Waals surface area contributed by atoms with Crippen LogP contribution in [-0.2, 0) is 0 Å². The summed E-state index contributed by atoms with van der Waals surface area (Å²) in [5.41, 5.74) is 3.15. The van der Waals surface area contributed by atoms with Gasteiger partial charge in [-0.1, -0.05) is 60.7 Å². The normalized spacial score (nSPS) is 23.2. The third kappa shape index (κ3) is 2.19. The third-order valence-electron chi connectivity index (χ3n) is 5.21. The average Bonchev–Trinajstić information content (AvgIpc) is 3.24. The van der Waals surface area contributed by atoms with Crippen molar-refractivity contribution >= 4 is 0 Å². The van der Waals surface area contributed by atoms with Crippen LogP contribution in [-0.4, -0.2) is 29.7 Å². The van der Waals surface area contributed by atoms with Crippen LogP contribution in [0.1, 0.15) is 23.6 Å². The quantitative estimate of drug-likeness (QED) is 0.929. The Hall–Kier alpha value is -1.64. The fraction of sp³-hybridized carbons (Fsp3) is 0.368. The Morgan fingerprint density at radius 1 is 0.952 bits per heavy atom. The van der Waals surface area contributed by atoms with Crippen molar-refractivity contribution in [1.29, 1.82) is 0 Å². The van der Waals surface area contributed by atoms with Gasteiger partial charge in [-0.2, -0.15) is 0 Å². The molecule has 2 aromatic carbocycles. The maximum Gasteiger partial charge on any atom is 0.0602 e. The van der Waals surface area contributed by atoms with Gasteiger partial charge in [0.05, 0.1) is 6.04 Å². The molecule has 1 aliphatic heterocycles. The molecule has 108 valence electrons. The highest BCUT2D eigenvalue weighted by Gasteiger charge is 2.61. The van der Waals surface area contributed by atoms with Crippen molar-refractivity contribution in [1.82, 2.24) is 4.90 Å². The molecule has 21 heavy (non-hydrogen) atoms. The molecule has 2 nitrogen and oxygen atoms in total. The molecule has 2 fully saturated rings. The molecule has 4 rings (SSSR count). The monoisotopic (exact) mass is 279 g/mol. The van der Waals surface area contributed by atoms with E-state index in [1.807, 2.05) is 0 Å². The van der Waals surface area contributed by atoms with E-state index in [2.05, 4.69) is 65.6 Å².